The first kappa shape index (κ1) is 50.7. The number of phosphoric ester groups is 2. The van der Waals surface area contributed by atoms with E-state index in [-0.39, 0.29) is 35.0 Å². The summed E-state index contributed by atoms with van der Waals surface area (Å²) in [4.78, 5) is 80.2. The molecule has 8 rings (SSSR count). The normalized spacial score (nSPS) is 30.0. The molecular formula is C37H47N13O18P2. The molecule has 0 aliphatic carbocycles. The van der Waals surface area contributed by atoms with Gasteiger partial charge in [0.1, 0.15) is 72.3 Å². The van der Waals surface area contributed by atoms with Crippen molar-refractivity contribution in [2.75, 3.05) is 37.0 Å². The highest BCUT2D eigenvalue weighted by Gasteiger charge is 2.53. The number of imidazole rings is 1. The number of anilines is 3. The third-order valence-corrected chi connectivity index (χ3v) is 13.3. The summed E-state index contributed by atoms with van der Waals surface area (Å²) < 4.78 is 68.5. The molecule has 1 amide bonds. The summed E-state index contributed by atoms with van der Waals surface area (Å²) >= 11 is 0. The van der Waals surface area contributed by atoms with Gasteiger partial charge in [-0.3, -0.25) is 36.6 Å². The molecule has 70 heavy (non-hydrogen) atoms. The van der Waals surface area contributed by atoms with E-state index in [9.17, 15) is 53.7 Å². The summed E-state index contributed by atoms with van der Waals surface area (Å²) in [6, 6.07) is 8.60. The van der Waals surface area contributed by atoms with Crippen LogP contribution in [-0.4, -0.2) is 155 Å². The van der Waals surface area contributed by atoms with E-state index in [1.165, 1.54) is 17.0 Å². The third kappa shape index (κ3) is 10.8. The van der Waals surface area contributed by atoms with E-state index < -0.39 is 132 Å². The fraction of sp³-hybridized carbons (Fsp3) is 0.459. The van der Waals surface area contributed by atoms with Crippen LogP contribution in [0.25, 0.3) is 11.2 Å². The zero-order valence-corrected chi connectivity index (χ0v) is 37.8. The smallest absolute Gasteiger partial charge is 0.394 e. The van der Waals surface area contributed by atoms with E-state index in [1.807, 2.05) is 0 Å². The van der Waals surface area contributed by atoms with Crippen molar-refractivity contribution in [3.63, 3.8) is 0 Å². The first-order valence-electron chi connectivity index (χ1n) is 20.9. The molecule has 378 valence electrons. The number of benzene rings is 1. The summed E-state index contributed by atoms with van der Waals surface area (Å²) in [5.74, 6) is -1.13. The predicted octanol–water partition coefficient (Wildman–Crippen LogP) is -4.09. The Labute approximate surface area is 392 Å². The molecule has 7 heterocycles. The zero-order chi connectivity index (χ0) is 50.2. The predicted molar refractivity (Wildman–Crippen MR) is 234 cm³/mol. The number of phosphoric acid groups is 2. The largest absolute Gasteiger partial charge is 0.472 e. The summed E-state index contributed by atoms with van der Waals surface area (Å²) in [6.45, 7) is -2.94. The third-order valence-electron chi connectivity index (χ3n) is 11.3. The first-order valence-corrected chi connectivity index (χ1v) is 23.9. The van der Waals surface area contributed by atoms with Crippen molar-refractivity contribution in [2.45, 2.75) is 86.0 Å². The molecule has 3 unspecified atom stereocenters. The molecule has 3 fully saturated rings. The van der Waals surface area contributed by atoms with Gasteiger partial charge in [0.05, 0.1) is 38.2 Å². The second-order valence-corrected chi connectivity index (χ2v) is 18.8. The van der Waals surface area contributed by atoms with Gasteiger partial charge in [0, 0.05) is 12.4 Å². The Morgan fingerprint density at radius 2 is 1.27 bits per heavy atom. The number of hydrogen-bond acceptors (Lipinski definition) is 25. The molecule has 3 aliphatic heterocycles. The SMILES string of the molecule is Nc1ccn([C@@H]2O[C@H](CO)[C@@H](OP(=O)(O)OC[C@H]3O[C@@H](n4ccc(N)nc4=O)[C@H](O)[C@@H]3OP(=O)(O)OC[C@H]3O[C@@H](n4cnc5c(N)ncnc54)[C@H](O)[C@@H]3NC(=O)C(N)Cc3ccccc3)[C@H]2O)c(=O)n1. The molecule has 33 heteroatoms. The average molecular weight is 1020 g/mol. The number of nitrogens with one attached hydrogen (secondary N) is 1. The molecule has 1 aromatic carbocycles. The number of amides is 1. The van der Waals surface area contributed by atoms with Crippen LogP contribution < -0.4 is 39.6 Å². The molecular weight excluding hydrogens is 976 g/mol. The standard InChI is InChI=1S/C37H47N13O18P2/c38-17(10-16-4-2-1-3-5-16)32(55)47-23-19(65-33(25(23)52)50-15-44-24-30(41)42-14-43-31(24)50)12-62-69(58,59)68-29-20(66-35(27(29)54)49-9-7-22(40)46-37(49)57)13-63-70(60,61)67-28-18(11-51)64-34(26(28)53)48-8-6-21(39)45-36(48)56/h1-9,14-15,17-20,23,25-29,33-35,51-54H,10-13,38H2,(H,47,55)(H,58,59)(H,60,61)(H2,39,45,56)(H2,40,46,57)(H2,41,42,43)/t17?,18-,19-,20-,23-,25-,26-,27-,28-,29-,33-,34-,35-/m1/s1. The van der Waals surface area contributed by atoms with E-state index in [0.29, 0.717) is 0 Å². The number of carbonyl (C=O) groups excluding carboxylic acids is 1. The minimum atomic E-state index is -5.48. The van der Waals surface area contributed by atoms with Crippen LogP contribution in [0.5, 0.6) is 0 Å². The van der Waals surface area contributed by atoms with Gasteiger partial charge in [-0.1, -0.05) is 30.3 Å². The maximum Gasteiger partial charge on any atom is 0.472 e. The molecule has 3 aliphatic rings. The number of aliphatic hydroxyl groups is 4. The fourth-order valence-corrected chi connectivity index (χ4v) is 9.89. The van der Waals surface area contributed by atoms with E-state index in [2.05, 4.69) is 30.2 Å². The number of rotatable bonds is 18. The quantitative estimate of drug-likeness (QED) is 0.0372. The van der Waals surface area contributed by atoms with E-state index in [1.54, 1.807) is 30.3 Å². The van der Waals surface area contributed by atoms with Gasteiger partial charge in [-0.2, -0.15) is 9.97 Å². The minimum absolute atomic E-state index is 0.000212. The van der Waals surface area contributed by atoms with Crippen LogP contribution in [0.1, 0.15) is 24.2 Å². The van der Waals surface area contributed by atoms with E-state index >= 15 is 0 Å². The summed E-state index contributed by atoms with van der Waals surface area (Å²) in [6.07, 6.45) is -14.4. The molecule has 4 aromatic heterocycles. The van der Waals surface area contributed by atoms with Gasteiger partial charge in [0.2, 0.25) is 5.91 Å². The van der Waals surface area contributed by atoms with E-state index in [0.717, 1.165) is 39.5 Å². The van der Waals surface area contributed by atoms with Crippen molar-refractivity contribution in [3.05, 3.63) is 94.0 Å². The number of nitrogen functional groups attached to an aromatic ring is 3. The number of carbonyl (C=O) groups is 1. The van der Waals surface area contributed by atoms with Gasteiger partial charge in [-0.25, -0.2) is 33.7 Å². The van der Waals surface area contributed by atoms with Crippen molar-refractivity contribution < 1.29 is 76.4 Å². The molecule has 15 atom stereocenters. The van der Waals surface area contributed by atoms with Crippen LogP contribution in [-0.2, 0) is 52.7 Å². The Morgan fingerprint density at radius 3 is 1.84 bits per heavy atom. The molecule has 0 bridgehead atoms. The Hall–Kier alpha value is -5.70. The zero-order valence-electron chi connectivity index (χ0n) is 36.0. The number of ether oxygens (including phenoxy) is 3. The molecule has 31 nitrogen and oxygen atoms in total. The summed E-state index contributed by atoms with van der Waals surface area (Å²) in [7, 11) is -10.9. The topological polar surface area (TPSA) is 467 Å². The number of nitrogens with zero attached hydrogens (tertiary/aromatic N) is 8. The van der Waals surface area contributed by atoms with Crippen LogP contribution in [0.15, 0.2) is 77.1 Å². The second kappa shape index (κ2) is 20.6. The number of fused-ring (bicyclic) bond motifs is 1. The molecule has 0 radical (unpaired) electrons. The van der Waals surface area contributed by atoms with Crippen LogP contribution >= 0.6 is 15.6 Å². The summed E-state index contributed by atoms with van der Waals surface area (Å²) in [5, 5.41) is 46.7. The van der Waals surface area contributed by atoms with Gasteiger partial charge in [-0.15, -0.1) is 0 Å². The Bertz CT molecular complexity index is 2900. The van der Waals surface area contributed by atoms with Gasteiger partial charge in [0.15, 0.2) is 30.1 Å². The lowest BCUT2D eigenvalue weighted by Gasteiger charge is -2.26. The van der Waals surface area contributed by atoms with Gasteiger partial charge < -0.3 is 72.7 Å². The maximum atomic E-state index is 13.8. The minimum Gasteiger partial charge on any atom is -0.394 e. The summed E-state index contributed by atoms with van der Waals surface area (Å²) in [5.41, 5.74) is 22.3. The Morgan fingerprint density at radius 1 is 0.743 bits per heavy atom. The number of nitrogens with two attached hydrogens (primary N) is 4. The van der Waals surface area contributed by atoms with Crippen LogP contribution in [0.3, 0.4) is 0 Å². The van der Waals surface area contributed by atoms with Gasteiger partial charge >= 0.3 is 27.0 Å². The maximum absolute atomic E-state index is 13.8. The molecule has 0 spiro atoms. The van der Waals surface area contributed by atoms with Crippen molar-refractivity contribution in [2.24, 2.45) is 5.73 Å². The van der Waals surface area contributed by atoms with Crippen molar-refractivity contribution in [1.29, 1.82) is 0 Å². The van der Waals surface area contributed by atoms with E-state index in [4.69, 9.17) is 55.2 Å². The van der Waals surface area contributed by atoms with Crippen LogP contribution in [0.4, 0.5) is 17.5 Å². The molecule has 0 saturated carbocycles. The molecule has 15 N–H and O–H groups in total. The first-order chi connectivity index (χ1) is 33.2. The fourth-order valence-electron chi connectivity index (χ4n) is 7.96. The number of aliphatic hydroxyl groups excluding tert-OH is 4. The van der Waals surface area contributed by atoms with Crippen LogP contribution in [0.2, 0.25) is 0 Å². The highest BCUT2D eigenvalue weighted by Crippen LogP contribution is 2.52. The monoisotopic (exact) mass is 1020 g/mol. The average Bonchev–Trinajstić information content (AvgIpc) is 4.05. The number of aromatic nitrogens is 8. The lowest BCUT2D eigenvalue weighted by atomic mass is 10.0. The second-order valence-electron chi connectivity index (χ2n) is 16.0. The highest BCUT2D eigenvalue weighted by atomic mass is 31.2. The Kier molecular flexibility index (Phi) is 14.9. The molecule has 5 aromatic rings. The number of hydrogen-bond donors (Lipinski definition) is 11. The Balaban J connectivity index is 0.998. The van der Waals surface area contributed by atoms with Crippen molar-refractivity contribution in [3.8, 4) is 0 Å². The van der Waals surface area contributed by atoms with Crippen molar-refractivity contribution >= 4 is 50.2 Å². The van der Waals surface area contributed by atoms with Crippen molar-refractivity contribution in [1.82, 2.24) is 43.9 Å². The lowest BCUT2D eigenvalue weighted by Crippen LogP contribution is -2.53. The highest BCUT2D eigenvalue weighted by molar-refractivity contribution is 7.47. The van der Waals surface area contributed by atoms with Gasteiger partial charge in [0.25, 0.3) is 0 Å². The van der Waals surface area contributed by atoms with Crippen LogP contribution in [0, 0.1) is 0 Å². The van der Waals surface area contributed by atoms with Gasteiger partial charge in [-0.05, 0) is 24.1 Å². The molecule has 3 saturated heterocycles. The lowest BCUT2D eigenvalue weighted by molar-refractivity contribution is -0.124.